The normalized spacial score (nSPS) is 10.3. The van der Waals surface area contributed by atoms with Crippen molar-refractivity contribution in [2.24, 2.45) is 0 Å². The van der Waals surface area contributed by atoms with Gasteiger partial charge in [0.1, 0.15) is 5.76 Å². The van der Waals surface area contributed by atoms with Gasteiger partial charge in [-0.15, -0.1) is 0 Å². The summed E-state index contributed by atoms with van der Waals surface area (Å²) < 4.78 is 5.39. The number of nitrogens with one attached hydrogen (secondary N) is 1. The third kappa shape index (κ3) is 3.03. The lowest BCUT2D eigenvalue weighted by molar-refractivity contribution is 0.503. The highest BCUT2D eigenvalue weighted by Crippen LogP contribution is 2.19. The molecular weight excluding hydrogens is 226 g/mol. The van der Waals surface area contributed by atoms with Crippen molar-refractivity contribution in [2.45, 2.75) is 20.4 Å². The summed E-state index contributed by atoms with van der Waals surface area (Å²) in [5.74, 6) is 0.964. The zero-order valence-corrected chi connectivity index (χ0v) is 10.9. The molecule has 0 aliphatic carbocycles. The Labute approximate surface area is 108 Å². The molecule has 18 heavy (non-hydrogen) atoms. The molecule has 2 aromatic heterocycles. The van der Waals surface area contributed by atoms with Gasteiger partial charge in [-0.1, -0.05) is 0 Å². The minimum atomic E-state index is 0.765. The molecule has 0 spiro atoms. The van der Waals surface area contributed by atoms with Crippen molar-refractivity contribution in [3.63, 3.8) is 0 Å². The first-order valence-corrected chi connectivity index (χ1v) is 6.29. The molecule has 96 valence electrons. The summed E-state index contributed by atoms with van der Waals surface area (Å²) in [5.41, 5.74) is 2.15. The molecule has 4 heteroatoms. The Hall–Kier alpha value is -1.97. The molecule has 0 aromatic carbocycles. The number of rotatable bonds is 6. The lowest BCUT2D eigenvalue weighted by Crippen LogP contribution is -2.22. The summed E-state index contributed by atoms with van der Waals surface area (Å²) in [6.07, 6.45) is 5.43. The minimum Gasteiger partial charge on any atom is -0.467 e. The van der Waals surface area contributed by atoms with Crippen LogP contribution in [0.2, 0.25) is 0 Å². The third-order valence-corrected chi connectivity index (χ3v) is 2.78. The molecular formula is C14H19N3O. The summed E-state index contributed by atoms with van der Waals surface area (Å²) in [6, 6.07) is 6.02. The van der Waals surface area contributed by atoms with Crippen molar-refractivity contribution in [1.29, 1.82) is 0 Å². The quantitative estimate of drug-likeness (QED) is 0.849. The van der Waals surface area contributed by atoms with Crippen molar-refractivity contribution < 1.29 is 4.42 Å². The van der Waals surface area contributed by atoms with Gasteiger partial charge < -0.3 is 14.6 Å². The molecule has 2 heterocycles. The van der Waals surface area contributed by atoms with Gasteiger partial charge in [0.15, 0.2) is 0 Å². The Morgan fingerprint density at radius 1 is 1.33 bits per heavy atom. The van der Waals surface area contributed by atoms with Crippen molar-refractivity contribution in [3.05, 3.63) is 42.6 Å². The fourth-order valence-electron chi connectivity index (χ4n) is 1.88. The van der Waals surface area contributed by atoms with E-state index >= 15 is 0 Å². The Bertz CT molecular complexity index is 468. The van der Waals surface area contributed by atoms with Gasteiger partial charge in [0.2, 0.25) is 0 Å². The van der Waals surface area contributed by atoms with E-state index in [1.165, 1.54) is 0 Å². The van der Waals surface area contributed by atoms with Crippen LogP contribution in [0.15, 0.2) is 41.3 Å². The predicted molar refractivity (Wildman–Crippen MR) is 73.8 cm³/mol. The molecule has 0 unspecified atom stereocenters. The summed E-state index contributed by atoms with van der Waals surface area (Å²) in [4.78, 5) is 6.50. The molecule has 0 saturated heterocycles. The highest BCUT2D eigenvalue weighted by Gasteiger charge is 2.08. The zero-order valence-electron chi connectivity index (χ0n) is 10.9. The average molecular weight is 245 g/mol. The first kappa shape index (κ1) is 12.5. The molecule has 4 nitrogen and oxygen atoms in total. The van der Waals surface area contributed by atoms with Gasteiger partial charge in [-0.2, -0.15) is 0 Å². The summed E-state index contributed by atoms with van der Waals surface area (Å²) in [6.45, 7) is 6.78. The molecule has 2 aromatic rings. The summed E-state index contributed by atoms with van der Waals surface area (Å²) in [7, 11) is 0. The smallest absolute Gasteiger partial charge is 0.123 e. The van der Waals surface area contributed by atoms with E-state index in [9.17, 15) is 0 Å². The van der Waals surface area contributed by atoms with E-state index in [-0.39, 0.29) is 0 Å². The second-order valence-electron chi connectivity index (χ2n) is 4.06. The Morgan fingerprint density at radius 3 is 2.89 bits per heavy atom. The van der Waals surface area contributed by atoms with Gasteiger partial charge in [-0.05, 0) is 32.0 Å². The number of hydrogen-bond acceptors (Lipinski definition) is 4. The molecule has 0 aliphatic rings. The van der Waals surface area contributed by atoms with Gasteiger partial charge >= 0.3 is 0 Å². The maximum atomic E-state index is 5.39. The number of hydrogen-bond donors (Lipinski definition) is 1. The van der Waals surface area contributed by atoms with Gasteiger partial charge in [-0.3, -0.25) is 4.98 Å². The molecule has 0 aliphatic heterocycles. The summed E-state index contributed by atoms with van der Waals surface area (Å²) in [5, 5.41) is 3.27. The van der Waals surface area contributed by atoms with Crippen molar-refractivity contribution in [3.8, 4) is 0 Å². The van der Waals surface area contributed by atoms with E-state index in [0.717, 1.165) is 36.8 Å². The summed E-state index contributed by atoms with van der Waals surface area (Å²) >= 11 is 0. The van der Waals surface area contributed by atoms with Crippen molar-refractivity contribution >= 4 is 11.4 Å². The standard InChI is InChI=1S/C14H19N3O/c1-3-16-12-8-13(10-15-9-12)17(4-2)11-14-6-5-7-18-14/h5-10,16H,3-4,11H2,1-2H3. The molecule has 0 radical (unpaired) electrons. The van der Waals surface area contributed by atoms with Gasteiger partial charge in [0, 0.05) is 13.1 Å². The van der Waals surface area contributed by atoms with Gasteiger partial charge in [-0.25, -0.2) is 0 Å². The molecule has 0 bridgehead atoms. The molecule has 0 fully saturated rings. The van der Waals surface area contributed by atoms with Gasteiger partial charge in [0.25, 0.3) is 0 Å². The molecule has 1 N–H and O–H groups in total. The monoisotopic (exact) mass is 245 g/mol. The van der Waals surface area contributed by atoms with Crippen LogP contribution in [0.5, 0.6) is 0 Å². The van der Waals surface area contributed by atoms with Crippen LogP contribution in [0.3, 0.4) is 0 Å². The van der Waals surface area contributed by atoms with Crippen LogP contribution in [0.25, 0.3) is 0 Å². The van der Waals surface area contributed by atoms with E-state index in [0.29, 0.717) is 0 Å². The molecule has 0 amide bonds. The first-order chi connectivity index (χ1) is 8.83. The SMILES string of the molecule is CCNc1cncc(N(CC)Cc2ccco2)c1. The molecule has 0 atom stereocenters. The van der Waals surface area contributed by atoms with E-state index in [2.05, 4.69) is 35.1 Å². The number of pyridine rings is 1. The third-order valence-electron chi connectivity index (χ3n) is 2.78. The highest BCUT2D eigenvalue weighted by atomic mass is 16.3. The second-order valence-corrected chi connectivity index (χ2v) is 4.06. The minimum absolute atomic E-state index is 0.765. The Kier molecular flexibility index (Phi) is 4.23. The van der Waals surface area contributed by atoms with Crippen LogP contribution in [-0.2, 0) is 6.54 Å². The van der Waals surface area contributed by atoms with Crippen molar-refractivity contribution in [2.75, 3.05) is 23.3 Å². The van der Waals surface area contributed by atoms with E-state index < -0.39 is 0 Å². The van der Waals surface area contributed by atoms with Crippen LogP contribution >= 0.6 is 0 Å². The maximum Gasteiger partial charge on any atom is 0.123 e. The number of anilines is 2. The van der Waals surface area contributed by atoms with E-state index in [1.807, 2.05) is 24.5 Å². The van der Waals surface area contributed by atoms with Crippen LogP contribution in [0, 0.1) is 0 Å². The largest absolute Gasteiger partial charge is 0.467 e. The van der Waals surface area contributed by atoms with Gasteiger partial charge in [0.05, 0.1) is 36.6 Å². The molecule has 0 saturated carbocycles. The number of nitrogens with zero attached hydrogens (tertiary/aromatic N) is 2. The maximum absolute atomic E-state index is 5.39. The van der Waals surface area contributed by atoms with Crippen LogP contribution < -0.4 is 10.2 Å². The highest BCUT2D eigenvalue weighted by molar-refractivity contribution is 5.55. The fraction of sp³-hybridized carbons (Fsp3) is 0.357. The van der Waals surface area contributed by atoms with Crippen LogP contribution in [-0.4, -0.2) is 18.1 Å². The first-order valence-electron chi connectivity index (χ1n) is 6.29. The zero-order chi connectivity index (χ0) is 12.8. The lowest BCUT2D eigenvalue weighted by atomic mass is 10.3. The van der Waals surface area contributed by atoms with Crippen LogP contribution in [0.4, 0.5) is 11.4 Å². The Morgan fingerprint density at radius 2 is 2.22 bits per heavy atom. The van der Waals surface area contributed by atoms with E-state index in [4.69, 9.17) is 4.42 Å². The van der Waals surface area contributed by atoms with Crippen LogP contribution in [0.1, 0.15) is 19.6 Å². The molecule has 2 rings (SSSR count). The predicted octanol–water partition coefficient (Wildman–Crippen LogP) is 3.13. The fourth-order valence-corrected chi connectivity index (χ4v) is 1.88. The topological polar surface area (TPSA) is 41.3 Å². The average Bonchev–Trinajstić information content (AvgIpc) is 2.89. The van der Waals surface area contributed by atoms with Crippen molar-refractivity contribution in [1.82, 2.24) is 4.98 Å². The number of aromatic nitrogens is 1. The lowest BCUT2D eigenvalue weighted by Gasteiger charge is -2.22. The second kappa shape index (κ2) is 6.10. The Balaban J connectivity index is 2.13. The number of furan rings is 1. The van der Waals surface area contributed by atoms with E-state index in [1.54, 1.807) is 6.26 Å².